The minimum Gasteiger partial charge on any atom is -0.497 e. The molecule has 1 N–H and O–H groups in total. The van der Waals surface area contributed by atoms with Gasteiger partial charge in [-0.05, 0) is 49.2 Å². The van der Waals surface area contributed by atoms with Crippen molar-refractivity contribution in [3.05, 3.63) is 54.3 Å². The van der Waals surface area contributed by atoms with E-state index in [9.17, 15) is 4.79 Å². The van der Waals surface area contributed by atoms with E-state index in [1.54, 1.807) is 24.3 Å². The van der Waals surface area contributed by atoms with E-state index >= 15 is 0 Å². The molecule has 2 amide bonds. The summed E-state index contributed by atoms with van der Waals surface area (Å²) in [5, 5.41) is 6.93. The Morgan fingerprint density at radius 1 is 1.33 bits per heavy atom. The van der Waals surface area contributed by atoms with Gasteiger partial charge in [-0.15, -0.1) is 0 Å². The number of benzene rings is 1. The Morgan fingerprint density at radius 2 is 2.19 bits per heavy atom. The molecule has 2 aromatic heterocycles. The van der Waals surface area contributed by atoms with Crippen molar-refractivity contribution in [2.45, 2.75) is 25.4 Å². The molecule has 0 radical (unpaired) electrons. The molecule has 0 saturated carbocycles. The fraction of sp³-hybridized carbons (Fsp3) is 0.316. The molecule has 1 atom stereocenters. The number of carbonyl (C=O) groups excluding carboxylic acids is 1. The average molecular weight is 368 g/mol. The number of amides is 2. The first-order valence-corrected chi connectivity index (χ1v) is 8.79. The molecule has 27 heavy (non-hydrogen) atoms. The van der Waals surface area contributed by atoms with Gasteiger partial charge in [0.15, 0.2) is 0 Å². The van der Waals surface area contributed by atoms with Crippen LogP contribution in [0, 0.1) is 0 Å². The number of methoxy groups -OCH3 is 1. The van der Waals surface area contributed by atoms with Gasteiger partial charge in [0.2, 0.25) is 11.7 Å². The van der Waals surface area contributed by atoms with Gasteiger partial charge in [0.05, 0.1) is 19.9 Å². The predicted molar refractivity (Wildman–Crippen MR) is 95.9 cm³/mol. The summed E-state index contributed by atoms with van der Waals surface area (Å²) in [6, 6.07) is 10.6. The highest BCUT2D eigenvalue weighted by molar-refractivity contribution is 5.74. The van der Waals surface area contributed by atoms with E-state index in [0.29, 0.717) is 30.6 Å². The van der Waals surface area contributed by atoms with Crippen LogP contribution in [0.15, 0.2) is 51.6 Å². The molecular formula is C19H20N4O4. The molecule has 1 fully saturated rings. The van der Waals surface area contributed by atoms with Crippen molar-refractivity contribution in [3.8, 4) is 17.1 Å². The number of urea groups is 1. The van der Waals surface area contributed by atoms with Crippen LogP contribution in [0.1, 0.15) is 30.5 Å². The van der Waals surface area contributed by atoms with Gasteiger partial charge in [0.25, 0.3) is 0 Å². The number of ether oxygens (including phenoxy) is 1. The molecule has 1 aromatic carbocycles. The third-order valence-corrected chi connectivity index (χ3v) is 4.58. The highest BCUT2D eigenvalue weighted by atomic mass is 16.5. The van der Waals surface area contributed by atoms with E-state index in [1.807, 2.05) is 30.3 Å². The maximum absolute atomic E-state index is 12.5. The number of nitrogens with zero attached hydrogens (tertiary/aromatic N) is 3. The lowest BCUT2D eigenvalue weighted by Crippen LogP contribution is -2.39. The van der Waals surface area contributed by atoms with Gasteiger partial charge in [-0.3, -0.25) is 0 Å². The molecule has 8 heteroatoms. The van der Waals surface area contributed by atoms with Gasteiger partial charge >= 0.3 is 6.03 Å². The first-order chi connectivity index (χ1) is 13.2. The second kappa shape index (κ2) is 7.53. The monoisotopic (exact) mass is 368 g/mol. The first-order valence-electron chi connectivity index (χ1n) is 8.79. The molecule has 0 spiro atoms. The zero-order valence-corrected chi connectivity index (χ0v) is 14.9. The smallest absolute Gasteiger partial charge is 0.318 e. The van der Waals surface area contributed by atoms with Gasteiger partial charge in [-0.2, -0.15) is 4.98 Å². The van der Waals surface area contributed by atoms with Gasteiger partial charge < -0.3 is 23.9 Å². The van der Waals surface area contributed by atoms with Crippen LogP contribution in [0.3, 0.4) is 0 Å². The van der Waals surface area contributed by atoms with Crippen molar-refractivity contribution in [2.75, 3.05) is 13.7 Å². The molecular weight excluding hydrogens is 348 g/mol. The zero-order valence-electron chi connectivity index (χ0n) is 14.9. The average Bonchev–Trinajstić information content (AvgIpc) is 3.47. The van der Waals surface area contributed by atoms with Crippen LogP contribution in [0.2, 0.25) is 0 Å². The molecule has 1 saturated heterocycles. The fourth-order valence-electron chi connectivity index (χ4n) is 3.17. The summed E-state index contributed by atoms with van der Waals surface area (Å²) in [6.07, 6.45) is 3.26. The SMILES string of the molecule is COc1ccc(-c2noc([C@H]3CCCN3C(=O)NCc3ccco3)n2)cc1. The number of aromatic nitrogens is 2. The lowest BCUT2D eigenvalue weighted by atomic mass is 10.2. The van der Waals surface area contributed by atoms with Crippen molar-refractivity contribution in [2.24, 2.45) is 0 Å². The van der Waals surface area contributed by atoms with Crippen molar-refractivity contribution in [1.82, 2.24) is 20.4 Å². The topological polar surface area (TPSA) is 93.6 Å². The van der Waals surface area contributed by atoms with Gasteiger partial charge in [0, 0.05) is 12.1 Å². The Labute approximate surface area is 156 Å². The molecule has 1 aliphatic rings. The zero-order chi connectivity index (χ0) is 18.6. The third-order valence-electron chi connectivity index (χ3n) is 4.58. The van der Waals surface area contributed by atoms with Gasteiger partial charge in [-0.1, -0.05) is 5.16 Å². The highest BCUT2D eigenvalue weighted by Gasteiger charge is 2.34. The van der Waals surface area contributed by atoms with E-state index in [0.717, 1.165) is 24.2 Å². The summed E-state index contributed by atoms with van der Waals surface area (Å²) >= 11 is 0. The van der Waals surface area contributed by atoms with Crippen LogP contribution in [0.25, 0.3) is 11.4 Å². The van der Waals surface area contributed by atoms with Crippen molar-refractivity contribution in [3.63, 3.8) is 0 Å². The van der Waals surface area contributed by atoms with Crippen molar-refractivity contribution < 1.29 is 18.5 Å². The quantitative estimate of drug-likeness (QED) is 0.742. The fourth-order valence-corrected chi connectivity index (χ4v) is 3.17. The second-order valence-electron chi connectivity index (χ2n) is 6.27. The summed E-state index contributed by atoms with van der Waals surface area (Å²) in [5.74, 6) is 2.42. The number of furan rings is 1. The van der Waals surface area contributed by atoms with E-state index in [1.165, 1.54) is 0 Å². The predicted octanol–water partition coefficient (Wildman–Crippen LogP) is 3.38. The summed E-state index contributed by atoms with van der Waals surface area (Å²) in [7, 11) is 1.62. The molecule has 4 rings (SSSR count). The van der Waals surface area contributed by atoms with E-state index in [-0.39, 0.29) is 12.1 Å². The van der Waals surface area contributed by atoms with E-state index in [4.69, 9.17) is 13.7 Å². The molecule has 0 aliphatic carbocycles. The number of nitrogens with one attached hydrogen (secondary N) is 1. The van der Waals surface area contributed by atoms with Gasteiger partial charge in [-0.25, -0.2) is 4.79 Å². The molecule has 140 valence electrons. The number of rotatable bonds is 5. The number of hydrogen-bond acceptors (Lipinski definition) is 6. The van der Waals surface area contributed by atoms with E-state index < -0.39 is 0 Å². The standard InChI is InChI=1S/C19H20N4O4/c1-25-14-8-6-13(7-9-14)17-21-18(27-22-17)16-5-2-10-23(16)19(24)20-12-15-4-3-11-26-15/h3-4,6-9,11,16H,2,5,10,12H2,1H3,(H,20,24)/t16-/m1/s1. The number of hydrogen-bond donors (Lipinski definition) is 1. The summed E-state index contributed by atoms with van der Waals surface area (Å²) < 4.78 is 15.9. The summed E-state index contributed by atoms with van der Waals surface area (Å²) in [6.45, 7) is 0.991. The van der Waals surface area contributed by atoms with Crippen LogP contribution in [0.4, 0.5) is 4.79 Å². The Hall–Kier alpha value is -3.29. The second-order valence-corrected chi connectivity index (χ2v) is 6.27. The number of carbonyl (C=O) groups is 1. The maximum Gasteiger partial charge on any atom is 0.318 e. The minimum absolute atomic E-state index is 0.168. The molecule has 0 unspecified atom stereocenters. The molecule has 3 heterocycles. The lowest BCUT2D eigenvalue weighted by Gasteiger charge is -2.21. The molecule has 8 nitrogen and oxygen atoms in total. The Morgan fingerprint density at radius 3 is 2.93 bits per heavy atom. The van der Waals surface area contributed by atoms with Crippen molar-refractivity contribution in [1.29, 1.82) is 0 Å². The van der Waals surface area contributed by atoms with Crippen LogP contribution >= 0.6 is 0 Å². The summed E-state index contributed by atoms with van der Waals surface area (Å²) in [5.41, 5.74) is 0.831. The molecule has 1 aliphatic heterocycles. The number of likely N-dealkylation sites (tertiary alicyclic amines) is 1. The van der Waals surface area contributed by atoms with Crippen LogP contribution in [0.5, 0.6) is 5.75 Å². The summed E-state index contributed by atoms with van der Waals surface area (Å²) in [4.78, 5) is 18.8. The van der Waals surface area contributed by atoms with E-state index in [2.05, 4.69) is 15.5 Å². The van der Waals surface area contributed by atoms with Crippen LogP contribution in [-0.4, -0.2) is 34.7 Å². The molecule has 3 aromatic rings. The van der Waals surface area contributed by atoms with Crippen molar-refractivity contribution >= 4 is 6.03 Å². The Balaban J connectivity index is 1.45. The Kier molecular flexibility index (Phi) is 4.78. The largest absolute Gasteiger partial charge is 0.497 e. The highest BCUT2D eigenvalue weighted by Crippen LogP contribution is 2.32. The third kappa shape index (κ3) is 3.64. The van der Waals surface area contributed by atoms with Crippen LogP contribution in [-0.2, 0) is 6.54 Å². The Bertz CT molecular complexity index is 889. The maximum atomic E-state index is 12.5. The van der Waals surface area contributed by atoms with Crippen LogP contribution < -0.4 is 10.1 Å². The minimum atomic E-state index is -0.221. The lowest BCUT2D eigenvalue weighted by molar-refractivity contribution is 0.179. The molecule has 0 bridgehead atoms. The first kappa shape index (κ1) is 17.1. The normalized spacial score (nSPS) is 16.5. The van der Waals surface area contributed by atoms with Gasteiger partial charge in [0.1, 0.15) is 17.6 Å².